The molecule has 9 heteroatoms. The Morgan fingerprint density at radius 3 is 2.50 bits per heavy atom. The largest absolute Gasteiger partial charge is 0.490 e. The van der Waals surface area contributed by atoms with Crippen LogP contribution in [0.3, 0.4) is 0 Å². The number of para-hydroxylation sites is 1. The molecule has 3 aromatic rings. The fourth-order valence-corrected chi connectivity index (χ4v) is 5.37. The molecule has 0 saturated carbocycles. The van der Waals surface area contributed by atoms with Gasteiger partial charge in [-0.05, 0) is 89.3 Å². The summed E-state index contributed by atoms with van der Waals surface area (Å²) >= 11 is 15.3. The van der Waals surface area contributed by atoms with Crippen LogP contribution in [0.15, 0.2) is 65.6 Å². The van der Waals surface area contributed by atoms with Crippen molar-refractivity contribution < 1.29 is 19.1 Å². The highest BCUT2D eigenvalue weighted by molar-refractivity contribution is 14.1. The summed E-state index contributed by atoms with van der Waals surface area (Å²) in [6.07, 6.45) is 1.69. The number of ether oxygens (including phenoxy) is 2. The molecule has 1 aliphatic rings. The molecule has 1 aliphatic heterocycles. The molecular formula is C25H18Cl2INO4S. The lowest BCUT2D eigenvalue weighted by molar-refractivity contribution is -0.113. The van der Waals surface area contributed by atoms with Crippen LogP contribution in [0.25, 0.3) is 6.08 Å². The predicted octanol–water partition coefficient (Wildman–Crippen LogP) is 7.82. The molecule has 2 amide bonds. The van der Waals surface area contributed by atoms with E-state index in [-0.39, 0.29) is 17.8 Å². The molecule has 4 rings (SSSR count). The molecular weight excluding hydrogens is 608 g/mol. The van der Waals surface area contributed by atoms with Gasteiger partial charge in [0.25, 0.3) is 11.1 Å². The highest BCUT2D eigenvalue weighted by atomic mass is 127. The van der Waals surface area contributed by atoms with Gasteiger partial charge in [0.1, 0.15) is 6.61 Å². The summed E-state index contributed by atoms with van der Waals surface area (Å²) < 4.78 is 12.7. The smallest absolute Gasteiger partial charge is 0.298 e. The summed E-state index contributed by atoms with van der Waals surface area (Å²) in [5.74, 6) is 0.753. The normalized spacial score (nSPS) is 14.7. The maximum atomic E-state index is 12.9. The van der Waals surface area contributed by atoms with Gasteiger partial charge in [0.05, 0.1) is 20.8 Å². The van der Waals surface area contributed by atoms with Crippen LogP contribution in [0.2, 0.25) is 10.0 Å². The summed E-state index contributed by atoms with van der Waals surface area (Å²) in [6.45, 7) is 2.55. The van der Waals surface area contributed by atoms with Crippen LogP contribution >= 0.6 is 57.6 Å². The molecule has 0 aromatic heterocycles. The average molecular weight is 626 g/mol. The number of anilines is 1. The van der Waals surface area contributed by atoms with E-state index in [1.165, 1.54) is 4.90 Å². The molecule has 0 bridgehead atoms. The standard InChI is InChI=1S/C25H18Cl2INO4S/c1-2-32-21-11-15(10-20(28)23(21)33-14-16-8-9-17(26)13-19(16)27)12-22-24(30)29(25(31)34-22)18-6-4-3-5-7-18/h3-13H,2,14H2,1H3/b22-12-. The molecule has 5 nitrogen and oxygen atoms in total. The summed E-state index contributed by atoms with van der Waals surface area (Å²) in [6, 6.07) is 17.8. The van der Waals surface area contributed by atoms with Gasteiger partial charge in [-0.25, -0.2) is 4.90 Å². The topological polar surface area (TPSA) is 55.8 Å². The number of carbonyl (C=O) groups excluding carboxylic acids is 2. The number of carbonyl (C=O) groups is 2. The van der Waals surface area contributed by atoms with Crippen molar-refractivity contribution in [1.29, 1.82) is 0 Å². The first kappa shape index (κ1) is 24.9. The second kappa shape index (κ2) is 11.0. The van der Waals surface area contributed by atoms with Gasteiger partial charge in [0.15, 0.2) is 11.5 Å². The third-order valence-corrected chi connectivity index (χ3v) is 7.08. The molecule has 0 unspecified atom stereocenters. The second-order valence-corrected chi connectivity index (χ2v) is 10.1. The number of thioether (sulfide) groups is 1. The van der Waals surface area contributed by atoms with Crippen molar-refractivity contribution in [3.63, 3.8) is 0 Å². The predicted molar refractivity (Wildman–Crippen MR) is 146 cm³/mol. The molecule has 0 N–H and O–H groups in total. The number of amides is 2. The first-order valence-corrected chi connectivity index (χ1v) is 12.9. The monoisotopic (exact) mass is 625 g/mol. The summed E-state index contributed by atoms with van der Waals surface area (Å²) in [4.78, 5) is 27.0. The molecule has 0 atom stereocenters. The van der Waals surface area contributed by atoms with E-state index in [4.69, 9.17) is 32.7 Å². The fourth-order valence-electron chi connectivity index (χ4n) is 3.28. The zero-order valence-electron chi connectivity index (χ0n) is 17.9. The van der Waals surface area contributed by atoms with E-state index >= 15 is 0 Å². The molecule has 1 saturated heterocycles. The third kappa shape index (κ3) is 5.54. The van der Waals surface area contributed by atoms with Crippen molar-refractivity contribution in [2.75, 3.05) is 11.5 Å². The summed E-state index contributed by atoms with van der Waals surface area (Å²) in [7, 11) is 0. The van der Waals surface area contributed by atoms with Crippen molar-refractivity contribution in [1.82, 2.24) is 0 Å². The van der Waals surface area contributed by atoms with Gasteiger partial charge >= 0.3 is 0 Å². The molecule has 0 radical (unpaired) electrons. The van der Waals surface area contributed by atoms with Gasteiger partial charge < -0.3 is 9.47 Å². The minimum absolute atomic E-state index is 0.237. The Hall–Kier alpha value is -2.20. The highest BCUT2D eigenvalue weighted by Gasteiger charge is 2.36. The Kier molecular flexibility index (Phi) is 8.08. The van der Waals surface area contributed by atoms with E-state index < -0.39 is 0 Å². The maximum absolute atomic E-state index is 12.9. The molecule has 0 aliphatic carbocycles. The van der Waals surface area contributed by atoms with E-state index in [0.29, 0.717) is 38.7 Å². The van der Waals surface area contributed by atoms with Gasteiger partial charge in [-0.2, -0.15) is 0 Å². The second-order valence-electron chi connectivity index (χ2n) is 7.14. The molecule has 174 valence electrons. The first-order chi connectivity index (χ1) is 16.4. The highest BCUT2D eigenvalue weighted by Crippen LogP contribution is 2.39. The number of nitrogens with zero attached hydrogens (tertiary/aromatic N) is 1. The van der Waals surface area contributed by atoms with Crippen LogP contribution in [0.5, 0.6) is 11.5 Å². The van der Waals surface area contributed by atoms with Gasteiger partial charge in [0.2, 0.25) is 0 Å². The maximum Gasteiger partial charge on any atom is 0.298 e. The quantitative estimate of drug-likeness (QED) is 0.198. The summed E-state index contributed by atoms with van der Waals surface area (Å²) in [5.41, 5.74) is 2.06. The van der Waals surface area contributed by atoms with Crippen molar-refractivity contribution in [3.05, 3.63) is 90.3 Å². The summed E-state index contributed by atoms with van der Waals surface area (Å²) in [5, 5.41) is 0.743. The van der Waals surface area contributed by atoms with Crippen LogP contribution in [-0.4, -0.2) is 17.8 Å². The number of imide groups is 1. The number of rotatable bonds is 7. The third-order valence-electron chi connectivity index (χ3n) is 4.82. The van der Waals surface area contributed by atoms with Crippen LogP contribution in [-0.2, 0) is 11.4 Å². The lowest BCUT2D eigenvalue weighted by atomic mass is 10.1. The number of benzene rings is 3. The van der Waals surface area contributed by atoms with E-state index in [1.807, 2.05) is 25.1 Å². The number of halogens is 3. The Morgan fingerprint density at radius 1 is 1.03 bits per heavy atom. The van der Waals surface area contributed by atoms with Crippen LogP contribution in [0, 0.1) is 3.57 Å². The SMILES string of the molecule is CCOc1cc(/C=C2\SC(=O)N(c3ccccc3)C2=O)cc(I)c1OCc1ccc(Cl)cc1Cl. The lowest BCUT2D eigenvalue weighted by Gasteiger charge is -2.15. The Morgan fingerprint density at radius 2 is 1.79 bits per heavy atom. The van der Waals surface area contributed by atoms with Crippen molar-refractivity contribution in [2.45, 2.75) is 13.5 Å². The van der Waals surface area contributed by atoms with Crippen molar-refractivity contribution in [2.24, 2.45) is 0 Å². The van der Waals surface area contributed by atoms with Gasteiger partial charge in [-0.15, -0.1) is 0 Å². The minimum atomic E-state index is -0.355. The Balaban J connectivity index is 1.60. The van der Waals surface area contributed by atoms with E-state index in [0.717, 1.165) is 26.5 Å². The number of hydrogen-bond acceptors (Lipinski definition) is 5. The van der Waals surface area contributed by atoms with E-state index in [2.05, 4.69) is 22.6 Å². The minimum Gasteiger partial charge on any atom is -0.490 e. The molecule has 1 fully saturated rings. The zero-order valence-corrected chi connectivity index (χ0v) is 22.4. The fraction of sp³-hybridized carbons (Fsp3) is 0.120. The Labute approximate surface area is 225 Å². The zero-order chi connectivity index (χ0) is 24.2. The lowest BCUT2D eigenvalue weighted by Crippen LogP contribution is -2.27. The Bertz CT molecular complexity index is 1280. The van der Waals surface area contributed by atoms with Crippen LogP contribution < -0.4 is 14.4 Å². The van der Waals surface area contributed by atoms with Crippen molar-refractivity contribution in [3.8, 4) is 11.5 Å². The molecule has 34 heavy (non-hydrogen) atoms. The average Bonchev–Trinajstić information content (AvgIpc) is 3.08. The van der Waals surface area contributed by atoms with Crippen LogP contribution in [0.1, 0.15) is 18.1 Å². The molecule has 1 heterocycles. The van der Waals surface area contributed by atoms with Gasteiger partial charge in [-0.3, -0.25) is 9.59 Å². The van der Waals surface area contributed by atoms with Crippen molar-refractivity contribution >= 4 is 80.5 Å². The number of hydrogen-bond donors (Lipinski definition) is 0. The molecule has 0 spiro atoms. The van der Waals surface area contributed by atoms with Crippen LogP contribution in [0.4, 0.5) is 10.5 Å². The molecule has 3 aromatic carbocycles. The first-order valence-electron chi connectivity index (χ1n) is 10.2. The van der Waals surface area contributed by atoms with E-state index in [1.54, 1.807) is 48.5 Å². The van der Waals surface area contributed by atoms with E-state index in [9.17, 15) is 9.59 Å². The van der Waals surface area contributed by atoms with Gasteiger partial charge in [-0.1, -0.05) is 47.5 Å². The van der Waals surface area contributed by atoms with Gasteiger partial charge in [0, 0.05) is 15.6 Å².